The monoisotopic (exact) mass is 278 g/mol. The van der Waals surface area contributed by atoms with Crippen LogP contribution in [-0.4, -0.2) is 44.7 Å². The van der Waals surface area contributed by atoms with E-state index in [1.165, 1.54) is 0 Å². The zero-order valence-electron chi connectivity index (χ0n) is 12.5. The minimum absolute atomic E-state index is 0.200. The second-order valence-corrected chi connectivity index (χ2v) is 5.19. The number of hydrogen-bond donors (Lipinski definition) is 1. The number of nitrogens with one attached hydrogen (secondary N) is 1. The van der Waals surface area contributed by atoms with Gasteiger partial charge in [-0.1, -0.05) is 0 Å². The molecule has 1 fully saturated rings. The molecule has 0 aromatic heterocycles. The summed E-state index contributed by atoms with van der Waals surface area (Å²) in [4.78, 5) is 13.3. The molecule has 1 aliphatic heterocycles. The Hall–Kier alpha value is -1.75. The van der Waals surface area contributed by atoms with Gasteiger partial charge < -0.3 is 19.7 Å². The largest absolute Gasteiger partial charge is 0.493 e. The van der Waals surface area contributed by atoms with Gasteiger partial charge in [0.1, 0.15) is 0 Å². The number of carbonyl (C=O) groups excluding carboxylic acids is 1. The normalized spacial score (nSPS) is 18.5. The van der Waals surface area contributed by atoms with Crippen LogP contribution in [0.2, 0.25) is 0 Å². The van der Waals surface area contributed by atoms with Crippen molar-refractivity contribution in [1.82, 2.24) is 10.2 Å². The first-order chi connectivity index (χ1) is 9.55. The van der Waals surface area contributed by atoms with Gasteiger partial charge in [0, 0.05) is 32.6 Å². The molecule has 0 spiro atoms. The van der Waals surface area contributed by atoms with Crippen LogP contribution in [0.15, 0.2) is 12.1 Å². The van der Waals surface area contributed by atoms with Crippen LogP contribution in [0.1, 0.15) is 17.5 Å². The molecule has 1 aromatic rings. The fraction of sp³-hybridized carbons (Fsp3) is 0.533. The van der Waals surface area contributed by atoms with E-state index in [2.05, 4.69) is 5.32 Å². The topological polar surface area (TPSA) is 50.8 Å². The number of likely N-dealkylation sites (N-methyl/N-ethyl adjacent to an activating group) is 1. The predicted octanol–water partition coefficient (Wildman–Crippen LogP) is 1.33. The van der Waals surface area contributed by atoms with Crippen molar-refractivity contribution in [2.75, 3.05) is 27.8 Å². The van der Waals surface area contributed by atoms with Crippen LogP contribution < -0.4 is 14.8 Å². The number of aryl methyl sites for hydroxylation is 1. The van der Waals surface area contributed by atoms with Gasteiger partial charge in [0.05, 0.1) is 14.2 Å². The van der Waals surface area contributed by atoms with E-state index in [9.17, 15) is 4.79 Å². The molecule has 0 saturated carbocycles. The zero-order chi connectivity index (χ0) is 14.7. The van der Waals surface area contributed by atoms with Gasteiger partial charge in [-0.2, -0.15) is 0 Å². The summed E-state index contributed by atoms with van der Waals surface area (Å²) < 4.78 is 10.6. The zero-order valence-corrected chi connectivity index (χ0v) is 12.5. The molecule has 1 aliphatic rings. The van der Waals surface area contributed by atoms with Gasteiger partial charge in [0.15, 0.2) is 11.5 Å². The van der Waals surface area contributed by atoms with E-state index < -0.39 is 0 Å². The number of ether oxygens (including phenoxy) is 2. The quantitative estimate of drug-likeness (QED) is 0.883. The van der Waals surface area contributed by atoms with Crippen molar-refractivity contribution in [2.45, 2.75) is 25.9 Å². The molecular formula is C15H22N2O3. The van der Waals surface area contributed by atoms with Crippen LogP contribution >= 0.6 is 0 Å². The number of carbonyl (C=O) groups is 1. The third-order valence-electron chi connectivity index (χ3n) is 3.76. The highest BCUT2D eigenvalue weighted by Gasteiger charge is 2.26. The lowest BCUT2D eigenvalue weighted by Gasteiger charge is -2.16. The summed E-state index contributed by atoms with van der Waals surface area (Å²) in [6.45, 7) is 3.54. The van der Waals surface area contributed by atoms with Gasteiger partial charge in [0.2, 0.25) is 5.91 Å². The van der Waals surface area contributed by atoms with Crippen molar-refractivity contribution in [3.8, 4) is 11.5 Å². The molecule has 1 amide bonds. The Kier molecular flexibility index (Phi) is 4.49. The van der Waals surface area contributed by atoms with Crippen LogP contribution in [0.25, 0.3) is 0 Å². The van der Waals surface area contributed by atoms with Crippen molar-refractivity contribution in [3.05, 3.63) is 23.3 Å². The second-order valence-electron chi connectivity index (χ2n) is 5.19. The molecule has 2 rings (SSSR count). The predicted molar refractivity (Wildman–Crippen MR) is 77.2 cm³/mol. The summed E-state index contributed by atoms with van der Waals surface area (Å²) in [5.74, 6) is 1.67. The summed E-state index contributed by atoms with van der Waals surface area (Å²) in [6, 6.07) is 4.18. The third kappa shape index (κ3) is 3.04. The van der Waals surface area contributed by atoms with Gasteiger partial charge in [-0.25, -0.2) is 0 Å². The third-order valence-corrected chi connectivity index (χ3v) is 3.76. The highest BCUT2D eigenvalue weighted by atomic mass is 16.5. The van der Waals surface area contributed by atoms with Crippen LogP contribution in [0.5, 0.6) is 11.5 Å². The first kappa shape index (κ1) is 14.7. The van der Waals surface area contributed by atoms with E-state index in [4.69, 9.17) is 9.47 Å². The Morgan fingerprint density at radius 2 is 1.95 bits per heavy atom. The average Bonchev–Trinajstić information content (AvgIpc) is 2.76. The Labute approximate surface area is 119 Å². The first-order valence-corrected chi connectivity index (χ1v) is 6.74. The molecule has 0 bridgehead atoms. The fourth-order valence-corrected chi connectivity index (χ4v) is 2.47. The highest BCUT2D eigenvalue weighted by Crippen LogP contribution is 2.30. The van der Waals surface area contributed by atoms with Crippen LogP contribution in [-0.2, 0) is 11.3 Å². The van der Waals surface area contributed by atoms with Crippen LogP contribution in [0.3, 0.4) is 0 Å². The fourth-order valence-electron chi connectivity index (χ4n) is 2.47. The minimum atomic E-state index is 0.200. The van der Waals surface area contributed by atoms with E-state index in [0.717, 1.165) is 35.7 Å². The minimum Gasteiger partial charge on any atom is -0.493 e. The number of rotatable bonds is 5. The van der Waals surface area contributed by atoms with Crippen molar-refractivity contribution in [2.24, 2.45) is 0 Å². The number of methoxy groups -OCH3 is 2. The molecule has 1 aromatic carbocycles. The number of nitrogens with zero attached hydrogens (tertiary/aromatic N) is 1. The average molecular weight is 278 g/mol. The molecule has 5 nitrogen and oxygen atoms in total. The van der Waals surface area contributed by atoms with Crippen LogP contribution in [0.4, 0.5) is 0 Å². The molecule has 0 unspecified atom stereocenters. The molecule has 1 N–H and O–H groups in total. The Morgan fingerprint density at radius 1 is 1.30 bits per heavy atom. The maximum atomic E-state index is 11.5. The van der Waals surface area contributed by atoms with Gasteiger partial charge in [0.25, 0.3) is 0 Å². The Morgan fingerprint density at radius 3 is 2.50 bits per heavy atom. The summed E-state index contributed by atoms with van der Waals surface area (Å²) in [5, 5.41) is 3.43. The molecule has 110 valence electrons. The van der Waals surface area contributed by atoms with Crippen molar-refractivity contribution >= 4 is 5.91 Å². The lowest BCUT2D eigenvalue weighted by atomic mass is 10.1. The molecule has 1 atom stereocenters. The van der Waals surface area contributed by atoms with Gasteiger partial charge in [-0.05, 0) is 30.2 Å². The Balaban J connectivity index is 2.04. The molecule has 20 heavy (non-hydrogen) atoms. The van der Waals surface area contributed by atoms with Crippen molar-refractivity contribution in [1.29, 1.82) is 0 Å². The van der Waals surface area contributed by atoms with Gasteiger partial charge >= 0.3 is 0 Å². The van der Waals surface area contributed by atoms with E-state index in [1.54, 1.807) is 19.1 Å². The van der Waals surface area contributed by atoms with Gasteiger partial charge in [-0.15, -0.1) is 0 Å². The van der Waals surface area contributed by atoms with E-state index in [-0.39, 0.29) is 11.9 Å². The van der Waals surface area contributed by atoms with Gasteiger partial charge in [-0.3, -0.25) is 4.79 Å². The first-order valence-electron chi connectivity index (χ1n) is 6.74. The van der Waals surface area contributed by atoms with Crippen molar-refractivity contribution in [3.63, 3.8) is 0 Å². The maximum Gasteiger partial charge on any atom is 0.224 e. The molecule has 0 radical (unpaired) electrons. The standard InChI is InChI=1S/C15H22N2O3/c1-10-5-13(19-3)14(20-4)6-11(10)8-16-12-7-15(18)17(2)9-12/h5-6,12,16H,7-9H2,1-4H3/t12-/m0/s1. The van der Waals surface area contributed by atoms with E-state index in [0.29, 0.717) is 6.42 Å². The smallest absolute Gasteiger partial charge is 0.224 e. The van der Waals surface area contributed by atoms with E-state index >= 15 is 0 Å². The SMILES string of the molecule is COc1cc(C)c(CN[C@H]2CC(=O)N(C)C2)cc1OC. The lowest BCUT2D eigenvalue weighted by Crippen LogP contribution is -2.31. The molecule has 5 heteroatoms. The molecule has 0 aliphatic carbocycles. The number of amides is 1. The molecule has 1 heterocycles. The molecular weight excluding hydrogens is 256 g/mol. The van der Waals surface area contributed by atoms with Crippen molar-refractivity contribution < 1.29 is 14.3 Å². The Bertz CT molecular complexity index is 502. The maximum absolute atomic E-state index is 11.5. The van der Waals surface area contributed by atoms with E-state index in [1.807, 2.05) is 26.1 Å². The lowest BCUT2D eigenvalue weighted by molar-refractivity contribution is -0.126. The number of likely N-dealkylation sites (tertiary alicyclic amines) is 1. The summed E-state index contributed by atoms with van der Waals surface area (Å²) in [5.41, 5.74) is 2.30. The summed E-state index contributed by atoms with van der Waals surface area (Å²) >= 11 is 0. The summed E-state index contributed by atoms with van der Waals surface area (Å²) in [6.07, 6.45) is 0.572. The molecule has 1 saturated heterocycles. The highest BCUT2D eigenvalue weighted by molar-refractivity contribution is 5.78. The van der Waals surface area contributed by atoms with Crippen LogP contribution in [0, 0.1) is 6.92 Å². The number of benzene rings is 1. The number of hydrogen-bond acceptors (Lipinski definition) is 4. The second kappa shape index (κ2) is 6.13. The summed E-state index contributed by atoms with van der Waals surface area (Å²) in [7, 11) is 5.11.